The highest BCUT2D eigenvalue weighted by Gasteiger charge is 2.32. The van der Waals surface area contributed by atoms with Crippen LogP contribution in [0.4, 0.5) is 5.69 Å². The van der Waals surface area contributed by atoms with Crippen molar-refractivity contribution in [2.24, 2.45) is 0 Å². The van der Waals surface area contributed by atoms with Gasteiger partial charge in [0.25, 0.3) is 0 Å². The Balaban J connectivity index is 2.55. The topological polar surface area (TPSA) is 74.7 Å². The summed E-state index contributed by atoms with van der Waals surface area (Å²) in [6.07, 6.45) is 1.43. The number of anilines is 1. The smallest absolute Gasteiger partial charge is 0.311 e. The Labute approximate surface area is 99.7 Å². The van der Waals surface area contributed by atoms with Gasteiger partial charge in [-0.05, 0) is 18.1 Å². The molecule has 1 N–H and O–H groups in total. The fraction of sp³-hybridized carbons (Fsp3) is 0.364. The second kappa shape index (κ2) is 4.03. The van der Waals surface area contributed by atoms with Crippen LogP contribution >= 0.6 is 0 Å². The van der Waals surface area contributed by atoms with E-state index >= 15 is 0 Å². The van der Waals surface area contributed by atoms with E-state index in [1.807, 2.05) is 0 Å². The van der Waals surface area contributed by atoms with Gasteiger partial charge in [-0.3, -0.25) is 9.10 Å². The Morgan fingerprint density at radius 3 is 2.65 bits per heavy atom. The predicted molar refractivity (Wildman–Crippen MR) is 63.6 cm³/mol. The molecule has 2 rings (SSSR count). The number of nitrogens with zero attached hydrogens (tertiary/aromatic N) is 1. The molecule has 0 amide bonds. The van der Waals surface area contributed by atoms with Crippen molar-refractivity contribution in [3.8, 4) is 0 Å². The third kappa shape index (κ3) is 2.12. The minimum Gasteiger partial charge on any atom is -0.481 e. The number of hydrogen-bond donors (Lipinski definition) is 1. The van der Waals surface area contributed by atoms with Crippen molar-refractivity contribution >= 4 is 21.7 Å². The molecule has 0 bridgehead atoms. The van der Waals surface area contributed by atoms with Crippen molar-refractivity contribution in [2.75, 3.05) is 17.1 Å². The van der Waals surface area contributed by atoms with E-state index in [1.54, 1.807) is 24.3 Å². The zero-order valence-electron chi connectivity index (χ0n) is 9.33. The number of sulfonamides is 1. The summed E-state index contributed by atoms with van der Waals surface area (Å²) < 4.78 is 24.5. The van der Waals surface area contributed by atoms with Crippen LogP contribution in [0.25, 0.3) is 0 Å². The van der Waals surface area contributed by atoms with Crippen molar-refractivity contribution in [1.82, 2.24) is 0 Å². The third-order valence-electron chi connectivity index (χ3n) is 2.90. The van der Waals surface area contributed by atoms with Gasteiger partial charge in [0.15, 0.2) is 0 Å². The van der Waals surface area contributed by atoms with Gasteiger partial charge in [0.05, 0.1) is 17.9 Å². The Morgan fingerprint density at radius 2 is 2.06 bits per heavy atom. The van der Waals surface area contributed by atoms with E-state index in [0.29, 0.717) is 17.7 Å². The first kappa shape index (κ1) is 11.9. The number of carbonyl (C=O) groups is 1. The maximum atomic E-state index is 11.6. The van der Waals surface area contributed by atoms with Gasteiger partial charge < -0.3 is 5.11 Å². The molecule has 1 unspecified atom stereocenters. The molecule has 1 aliphatic rings. The predicted octanol–water partition coefficient (Wildman–Crippen LogP) is 1.02. The van der Waals surface area contributed by atoms with Crippen LogP contribution in [0.2, 0.25) is 0 Å². The molecule has 0 fully saturated rings. The minimum absolute atomic E-state index is 0.215. The third-order valence-corrected chi connectivity index (χ3v) is 4.08. The van der Waals surface area contributed by atoms with Crippen LogP contribution in [0.5, 0.6) is 0 Å². The van der Waals surface area contributed by atoms with Gasteiger partial charge in [-0.2, -0.15) is 0 Å². The molecule has 1 aliphatic heterocycles. The van der Waals surface area contributed by atoms with Crippen molar-refractivity contribution in [3.05, 3.63) is 29.8 Å². The minimum atomic E-state index is -3.35. The van der Waals surface area contributed by atoms with E-state index in [-0.39, 0.29) is 6.54 Å². The fourth-order valence-electron chi connectivity index (χ4n) is 2.13. The van der Waals surface area contributed by atoms with Crippen molar-refractivity contribution in [2.45, 2.75) is 12.3 Å². The lowest BCUT2D eigenvalue weighted by atomic mass is 9.91. The van der Waals surface area contributed by atoms with E-state index < -0.39 is 21.9 Å². The normalized spacial score (nSPS) is 19.8. The Hall–Kier alpha value is -1.56. The van der Waals surface area contributed by atoms with Gasteiger partial charge in [-0.15, -0.1) is 0 Å². The van der Waals surface area contributed by atoms with Crippen LogP contribution in [0.15, 0.2) is 24.3 Å². The van der Waals surface area contributed by atoms with E-state index in [0.717, 1.165) is 6.26 Å². The van der Waals surface area contributed by atoms with Gasteiger partial charge in [-0.1, -0.05) is 18.2 Å². The second-order valence-electron chi connectivity index (χ2n) is 4.07. The van der Waals surface area contributed by atoms with Crippen LogP contribution in [-0.2, 0) is 14.8 Å². The molecule has 1 atom stereocenters. The van der Waals surface area contributed by atoms with Crippen LogP contribution in [0.3, 0.4) is 0 Å². The summed E-state index contributed by atoms with van der Waals surface area (Å²) in [6, 6.07) is 6.75. The van der Waals surface area contributed by atoms with Crippen molar-refractivity contribution in [1.29, 1.82) is 0 Å². The summed E-state index contributed by atoms with van der Waals surface area (Å²) in [5.41, 5.74) is 1.05. The lowest BCUT2D eigenvalue weighted by Gasteiger charge is -2.32. The van der Waals surface area contributed by atoms with E-state index in [2.05, 4.69) is 0 Å². The molecule has 0 radical (unpaired) electrons. The first-order chi connectivity index (χ1) is 7.91. The summed E-state index contributed by atoms with van der Waals surface area (Å²) in [6.45, 7) is 0.215. The number of benzene rings is 1. The average Bonchev–Trinajstić information content (AvgIpc) is 2.26. The molecule has 92 valence electrons. The van der Waals surface area contributed by atoms with Gasteiger partial charge in [-0.25, -0.2) is 8.42 Å². The highest BCUT2D eigenvalue weighted by molar-refractivity contribution is 7.92. The molecular formula is C11H13NO4S. The molecule has 17 heavy (non-hydrogen) atoms. The standard InChI is InChI=1S/C11H13NO4S/c1-17(15,16)12-7-6-9(11(13)14)8-4-2-3-5-10(8)12/h2-5,9H,6-7H2,1H3,(H,13,14). The largest absolute Gasteiger partial charge is 0.481 e. The summed E-state index contributed by atoms with van der Waals surface area (Å²) >= 11 is 0. The second-order valence-corrected chi connectivity index (χ2v) is 5.98. The summed E-state index contributed by atoms with van der Waals surface area (Å²) in [5, 5.41) is 9.11. The number of rotatable bonds is 2. The number of para-hydroxylation sites is 1. The molecule has 6 heteroatoms. The number of carboxylic acid groups (broad SMARTS) is 1. The highest BCUT2D eigenvalue weighted by Crippen LogP contribution is 2.36. The summed E-state index contributed by atoms with van der Waals surface area (Å²) in [7, 11) is -3.35. The summed E-state index contributed by atoms with van der Waals surface area (Å²) in [4.78, 5) is 11.1. The quantitative estimate of drug-likeness (QED) is 0.856. The number of fused-ring (bicyclic) bond motifs is 1. The average molecular weight is 255 g/mol. The van der Waals surface area contributed by atoms with Crippen LogP contribution < -0.4 is 4.31 Å². The Kier molecular flexibility index (Phi) is 2.82. The molecule has 1 aromatic carbocycles. The zero-order valence-corrected chi connectivity index (χ0v) is 10.1. The SMILES string of the molecule is CS(=O)(=O)N1CCC(C(=O)O)c2ccccc21. The van der Waals surface area contributed by atoms with E-state index in [1.165, 1.54) is 4.31 Å². The molecule has 0 aromatic heterocycles. The summed E-state index contributed by atoms with van der Waals surface area (Å²) in [5.74, 6) is -1.53. The molecular weight excluding hydrogens is 242 g/mol. The number of hydrogen-bond acceptors (Lipinski definition) is 3. The monoisotopic (exact) mass is 255 g/mol. The first-order valence-electron chi connectivity index (χ1n) is 5.20. The van der Waals surface area contributed by atoms with Crippen LogP contribution in [0, 0.1) is 0 Å². The highest BCUT2D eigenvalue weighted by atomic mass is 32.2. The Bertz CT molecular complexity index is 552. The lowest BCUT2D eigenvalue weighted by Crippen LogP contribution is -2.37. The van der Waals surface area contributed by atoms with Gasteiger partial charge >= 0.3 is 5.97 Å². The lowest BCUT2D eigenvalue weighted by molar-refractivity contribution is -0.139. The van der Waals surface area contributed by atoms with Crippen molar-refractivity contribution < 1.29 is 18.3 Å². The van der Waals surface area contributed by atoms with Crippen molar-refractivity contribution in [3.63, 3.8) is 0 Å². The number of aliphatic carboxylic acids is 1. The molecule has 1 heterocycles. The Morgan fingerprint density at radius 1 is 1.41 bits per heavy atom. The van der Waals surface area contributed by atoms with E-state index in [9.17, 15) is 13.2 Å². The van der Waals surface area contributed by atoms with Gasteiger partial charge in [0, 0.05) is 6.54 Å². The molecule has 5 nitrogen and oxygen atoms in total. The van der Waals surface area contributed by atoms with Gasteiger partial charge in [0.2, 0.25) is 10.0 Å². The number of carboxylic acids is 1. The fourth-order valence-corrected chi connectivity index (χ4v) is 3.09. The molecule has 0 saturated heterocycles. The maximum absolute atomic E-state index is 11.6. The first-order valence-corrected chi connectivity index (χ1v) is 7.05. The molecule has 1 aromatic rings. The zero-order chi connectivity index (χ0) is 12.6. The van der Waals surface area contributed by atoms with Gasteiger partial charge in [0.1, 0.15) is 0 Å². The molecule has 0 aliphatic carbocycles. The maximum Gasteiger partial charge on any atom is 0.311 e. The van der Waals surface area contributed by atoms with Crippen LogP contribution in [0.1, 0.15) is 17.9 Å². The molecule has 0 saturated carbocycles. The van der Waals surface area contributed by atoms with E-state index in [4.69, 9.17) is 5.11 Å². The molecule has 0 spiro atoms. The van der Waals surface area contributed by atoms with Crippen LogP contribution in [-0.4, -0.2) is 32.3 Å².